The van der Waals surface area contributed by atoms with Crippen molar-refractivity contribution in [2.24, 2.45) is 0 Å². The van der Waals surface area contributed by atoms with Crippen LogP contribution in [0.1, 0.15) is 5.69 Å². The molecule has 0 aliphatic carbocycles. The molecule has 1 fully saturated rings. The lowest BCUT2D eigenvalue weighted by molar-refractivity contribution is 0.0724. The molecule has 0 bridgehead atoms. The highest BCUT2D eigenvalue weighted by Gasteiger charge is 2.24. The number of hydrogen-bond acceptors (Lipinski definition) is 6. The van der Waals surface area contributed by atoms with Gasteiger partial charge in [0.05, 0.1) is 43.5 Å². The normalized spacial score (nSPS) is 16.7. The molecular weight excluding hydrogens is 308 g/mol. The molecule has 3 heterocycles. The van der Waals surface area contributed by atoms with Crippen LogP contribution in [-0.2, 0) is 21.5 Å². The van der Waals surface area contributed by atoms with E-state index in [-0.39, 0.29) is 6.54 Å². The van der Waals surface area contributed by atoms with Crippen LogP contribution in [-0.4, -0.2) is 59.0 Å². The van der Waals surface area contributed by atoms with Gasteiger partial charge in [0.1, 0.15) is 0 Å². The van der Waals surface area contributed by atoms with Crippen LogP contribution in [0.4, 0.5) is 0 Å². The standard InChI is InChI=1S/C12H16N6O3S/c19-22(20,17-4-6-21-7-5-17)14-8-11-10-18(16-15-11)12-2-1-3-13-9-12/h1-3,9-10,14H,4-8H2. The van der Waals surface area contributed by atoms with Gasteiger partial charge in [-0.1, -0.05) is 5.21 Å². The zero-order valence-corrected chi connectivity index (χ0v) is 12.6. The molecule has 0 radical (unpaired) electrons. The number of ether oxygens (including phenoxy) is 1. The van der Waals surface area contributed by atoms with Crippen LogP contribution in [0, 0.1) is 0 Å². The summed E-state index contributed by atoms with van der Waals surface area (Å²) in [6.07, 6.45) is 4.98. The Labute approximate surface area is 128 Å². The third kappa shape index (κ3) is 3.47. The molecule has 0 spiro atoms. The number of nitrogens with zero attached hydrogens (tertiary/aromatic N) is 5. The summed E-state index contributed by atoms with van der Waals surface area (Å²) in [7, 11) is -3.52. The first kappa shape index (κ1) is 15.0. The third-order valence-electron chi connectivity index (χ3n) is 3.20. The molecular formula is C12H16N6O3S. The third-order valence-corrected chi connectivity index (χ3v) is 4.75. The first-order chi connectivity index (χ1) is 10.6. The van der Waals surface area contributed by atoms with E-state index in [4.69, 9.17) is 4.74 Å². The largest absolute Gasteiger partial charge is 0.379 e. The predicted octanol–water partition coefficient (Wildman–Crippen LogP) is -0.671. The van der Waals surface area contributed by atoms with Crippen molar-refractivity contribution < 1.29 is 13.2 Å². The van der Waals surface area contributed by atoms with E-state index in [1.807, 2.05) is 6.07 Å². The van der Waals surface area contributed by atoms with Gasteiger partial charge >= 0.3 is 0 Å². The van der Waals surface area contributed by atoms with Gasteiger partial charge in [0.15, 0.2) is 0 Å². The number of pyridine rings is 1. The Morgan fingerprint density at radius 3 is 2.86 bits per heavy atom. The minimum Gasteiger partial charge on any atom is -0.379 e. The summed E-state index contributed by atoms with van der Waals surface area (Å²) < 4.78 is 34.8. The van der Waals surface area contributed by atoms with Crippen LogP contribution < -0.4 is 4.72 Å². The first-order valence-corrected chi connectivity index (χ1v) is 8.23. The summed E-state index contributed by atoms with van der Waals surface area (Å²) in [5.41, 5.74) is 1.29. The van der Waals surface area contributed by atoms with Crippen molar-refractivity contribution in [3.05, 3.63) is 36.4 Å². The van der Waals surface area contributed by atoms with Crippen LogP contribution in [0.3, 0.4) is 0 Å². The van der Waals surface area contributed by atoms with Crippen molar-refractivity contribution in [2.75, 3.05) is 26.3 Å². The van der Waals surface area contributed by atoms with Crippen LogP contribution in [0.15, 0.2) is 30.7 Å². The van der Waals surface area contributed by atoms with Crippen molar-refractivity contribution in [1.29, 1.82) is 0 Å². The Morgan fingerprint density at radius 1 is 1.32 bits per heavy atom. The van der Waals surface area contributed by atoms with Crippen LogP contribution in [0.5, 0.6) is 0 Å². The lowest BCUT2D eigenvalue weighted by Crippen LogP contribution is -2.46. The van der Waals surface area contributed by atoms with E-state index in [1.165, 1.54) is 4.31 Å². The first-order valence-electron chi connectivity index (χ1n) is 6.79. The average molecular weight is 324 g/mol. The molecule has 10 heteroatoms. The fourth-order valence-corrected chi connectivity index (χ4v) is 3.18. The van der Waals surface area contributed by atoms with Gasteiger partial charge in [0.2, 0.25) is 0 Å². The molecule has 1 aliphatic rings. The van der Waals surface area contributed by atoms with Crippen molar-refractivity contribution >= 4 is 10.2 Å². The van der Waals surface area contributed by atoms with Gasteiger partial charge in [0, 0.05) is 19.3 Å². The van der Waals surface area contributed by atoms with Crippen LogP contribution >= 0.6 is 0 Å². The molecule has 0 unspecified atom stereocenters. The quantitative estimate of drug-likeness (QED) is 0.782. The fraction of sp³-hybridized carbons (Fsp3) is 0.417. The summed E-state index contributed by atoms with van der Waals surface area (Å²) in [6.45, 7) is 1.63. The van der Waals surface area contributed by atoms with Gasteiger partial charge in [-0.15, -0.1) is 5.10 Å². The predicted molar refractivity (Wildman–Crippen MR) is 77.3 cm³/mol. The minimum absolute atomic E-state index is 0.0833. The highest BCUT2D eigenvalue weighted by Crippen LogP contribution is 2.06. The van der Waals surface area contributed by atoms with Crippen LogP contribution in [0.25, 0.3) is 5.69 Å². The summed E-state index contributed by atoms with van der Waals surface area (Å²) in [5, 5.41) is 7.91. The number of morpholine rings is 1. The number of aromatic nitrogens is 4. The minimum atomic E-state index is -3.52. The molecule has 2 aromatic heterocycles. The monoisotopic (exact) mass is 324 g/mol. The van der Waals surface area contributed by atoms with E-state index >= 15 is 0 Å². The zero-order valence-electron chi connectivity index (χ0n) is 11.8. The summed E-state index contributed by atoms with van der Waals surface area (Å²) in [4.78, 5) is 4.00. The summed E-state index contributed by atoms with van der Waals surface area (Å²) in [5.74, 6) is 0. The zero-order chi connectivity index (χ0) is 15.4. The SMILES string of the molecule is O=S(=O)(NCc1cn(-c2cccnc2)nn1)N1CCOCC1. The molecule has 0 saturated carbocycles. The summed E-state index contributed by atoms with van der Waals surface area (Å²) >= 11 is 0. The Bertz CT molecular complexity index is 711. The van der Waals surface area contributed by atoms with E-state index in [9.17, 15) is 8.42 Å². The Hall–Kier alpha value is -1.88. The number of rotatable bonds is 5. The smallest absolute Gasteiger partial charge is 0.279 e. The Morgan fingerprint density at radius 2 is 2.14 bits per heavy atom. The molecule has 22 heavy (non-hydrogen) atoms. The van der Waals surface area contributed by atoms with Gasteiger partial charge in [-0.3, -0.25) is 4.98 Å². The van der Waals surface area contributed by atoms with Gasteiger partial charge in [-0.2, -0.15) is 17.4 Å². The summed E-state index contributed by atoms with van der Waals surface area (Å²) in [6, 6.07) is 3.63. The maximum atomic E-state index is 12.1. The molecule has 1 saturated heterocycles. The van der Waals surface area contributed by atoms with E-state index < -0.39 is 10.2 Å². The van der Waals surface area contributed by atoms with E-state index in [0.29, 0.717) is 32.0 Å². The molecule has 3 rings (SSSR count). The second-order valence-electron chi connectivity index (χ2n) is 4.70. The molecule has 0 atom stereocenters. The molecule has 1 N–H and O–H groups in total. The Balaban J connectivity index is 1.63. The maximum absolute atomic E-state index is 12.1. The Kier molecular flexibility index (Phi) is 4.43. The molecule has 2 aromatic rings. The second kappa shape index (κ2) is 6.48. The molecule has 0 aromatic carbocycles. The van der Waals surface area contributed by atoms with Crippen molar-refractivity contribution in [3.8, 4) is 5.69 Å². The van der Waals surface area contributed by atoms with Crippen molar-refractivity contribution in [2.45, 2.75) is 6.54 Å². The van der Waals surface area contributed by atoms with Crippen molar-refractivity contribution in [3.63, 3.8) is 0 Å². The molecule has 118 valence electrons. The van der Waals surface area contributed by atoms with Crippen molar-refractivity contribution in [1.82, 2.24) is 29.0 Å². The average Bonchev–Trinajstić information content (AvgIpc) is 3.04. The van der Waals surface area contributed by atoms with Gasteiger partial charge in [-0.05, 0) is 12.1 Å². The number of nitrogens with one attached hydrogen (secondary N) is 1. The van der Waals surface area contributed by atoms with Gasteiger partial charge in [-0.25, -0.2) is 4.68 Å². The van der Waals surface area contributed by atoms with Gasteiger partial charge < -0.3 is 4.74 Å². The van der Waals surface area contributed by atoms with Gasteiger partial charge in [0.25, 0.3) is 10.2 Å². The topological polar surface area (TPSA) is 102 Å². The van der Waals surface area contributed by atoms with E-state index in [0.717, 1.165) is 5.69 Å². The molecule has 0 amide bonds. The molecule has 1 aliphatic heterocycles. The van der Waals surface area contributed by atoms with E-state index in [1.54, 1.807) is 29.3 Å². The fourth-order valence-electron chi connectivity index (χ4n) is 2.04. The van der Waals surface area contributed by atoms with E-state index in [2.05, 4.69) is 20.0 Å². The second-order valence-corrected chi connectivity index (χ2v) is 6.46. The van der Waals surface area contributed by atoms with Crippen LogP contribution in [0.2, 0.25) is 0 Å². The highest BCUT2D eigenvalue weighted by molar-refractivity contribution is 7.87. The number of hydrogen-bond donors (Lipinski definition) is 1. The maximum Gasteiger partial charge on any atom is 0.279 e. The lowest BCUT2D eigenvalue weighted by Gasteiger charge is -2.25. The molecule has 9 nitrogen and oxygen atoms in total. The lowest BCUT2D eigenvalue weighted by atomic mass is 10.4. The highest BCUT2D eigenvalue weighted by atomic mass is 32.2.